The third-order valence-electron chi connectivity index (χ3n) is 3.14. The van der Waals surface area contributed by atoms with Gasteiger partial charge in [0.2, 0.25) is 0 Å². The monoisotopic (exact) mass is 244 g/mol. The zero-order valence-electron chi connectivity index (χ0n) is 10.5. The third-order valence-corrected chi connectivity index (χ3v) is 3.14. The number of allylic oxidation sites excluding steroid dienone is 3. The van der Waals surface area contributed by atoms with Crippen LogP contribution >= 0.6 is 0 Å². The van der Waals surface area contributed by atoms with Gasteiger partial charge in [-0.05, 0) is 12.0 Å². The second kappa shape index (κ2) is 5.08. The number of aliphatic hydroxyl groups excluding tert-OH is 1. The molecule has 0 amide bonds. The van der Waals surface area contributed by atoms with Gasteiger partial charge in [0.25, 0.3) is 0 Å². The normalized spacial score (nSPS) is 23.0. The average molecular weight is 244 g/mol. The molecule has 0 spiro atoms. The fourth-order valence-corrected chi connectivity index (χ4v) is 2.19. The summed E-state index contributed by atoms with van der Waals surface area (Å²) in [6, 6.07) is 9.02. The van der Waals surface area contributed by atoms with Gasteiger partial charge in [-0.25, -0.2) is 0 Å². The van der Waals surface area contributed by atoms with Crippen LogP contribution in [0.25, 0.3) is 0 Å². The molecule has 2 atom stereocenters. The van der Waals surface area contributed by atoms with Gasteiger partial charge in [-0.1, -0.05) is 37.3 Å². The summed E-state index contributed by atoms with van der Waals surface area (Å²) < 4.78 is 5.08. The van der Waals surface area contributed by atoms with E-state index in [1.807, 2.05) is 31.2 Å². The molecule has 94 valence electrons. The average Bonchev–Trinajstić information content (AvgIpc) is 2.38. The minimum Gasteiger partial charge on any atom is -0.511 e. The first-order valence-electron chi connectivity index (χ1n) is 5.89. The van der Waals surface area contributed by atoms with E-state index in [0.717, 1.165) is 0 Å². The molecule has 0 aromatic heterocycles. The maximum Gasteiger partial charge on any atom is 0.174 e. The van der Waals surface area contributed by atoms with Gasteiger partial charge in [0, 0.05) is 11.6 Å². The fraction of sp³-hybridized carbons (Fsp3) is 0.267. The molecule has 0 heterocycles. The second-order valence-corrected chi connectivity index (χ2v) is 4.41. The number of ether oxygens (including phenoxy) is 1. The molecule has 0 aliphatic heterocycles. The number of rotatable bonds is 3. The van der Waals surface area contributed by atoms with Crippen LogP contribution in [0.1, 0.15) is 17.3 Å². The molecular formula is C15H16O3. The maximum atomic E-state index is 12.3. The Morgan fingerprint density at radius 1 is 1.28 bits per heavy atom. The van der Waals surface area contributed by atoms with Gasteiger partial charge in [0.05, 0.1) is 13.0 Å². The number of ketones is 1. The summed E-state index contributed by atoms with van der Waals surface area (Å²) in [4.78, 5) is 12.3. The second-order valence-electron chi connectivity index (χ2n) is 4.41. The summed E-state index contributed by atoms with van der Waals surface area (Å²) in [5, 5.41) is 9.99. The Kier molecular flexibility index (Phi) is 3.51. The van der Waals surface area contributed by atoms with Crippen LogP contribution in [-0.2, 0) is 4.74 Å². The molecule has 2 rings (SSSR count). The summed E-state index contributed by atoms with van der Waals surface area (Å²) in [5.74, 6) is -0.0139. The van der Waals surface area contributed by atoms with E-state index in [1.165, 1.54) is 6.08 Å². The van der Waals surface area contributed by atoms with E-state index in [4.69, 9.17) is 4.74 Å². The van der Waals surface area contributed by atoms with Crippen molar-refractivity contribution in [2.45, 2.75) is 6.92 Å². The lowest BCUT2D eigenvalue weighted by Gasteiger charge is -2.24. The number of carbonyl (C=O) groups is 1. The van der Waals surface area contributed by atoms with Crippen LogP contribution in [0, 0.1) is 11.8 Å². The summed E-state index contributed by atoms with van der Waals surface area (Å²) in [7, 11) is 1.54. The SMILES string of the molecule is COC1=CC(C)C(C(=O)c2ccccc2)C(O)=C1. The van der Waals surface area contributed by atoms with Crippen LogP contribution in [0.15, 0.2) is 54.0 Å². The van der Waals surface area contributed by atoms with E-state index in [1.54, 1.807) is 19.2 Å². The molecule has 0 saturated heterocycles. The molecule has 18 heavy (non-hydrogen) atoms. The summed E-state index contributed by atoms with van der Waals surface area (Å²) in [6.45, 7) is 1.90. The molecule has 2 unspecified atom stereocenters. The van der Waals surface area contributed by atoms with Crippen molar-refractivity contribution in [1.29, 1.82) is 0 Å². The van der Waals surface area contributed by atoms with Gasteiger partial charge in [0.15, 0.2) is 5.78 Å². The van der Waals surface area contributed by atoms with Gasteiger partial charge < -0.3 is 9.84 Å². The number of methoxy groups -OCH3 is 1. The zero-order valence-corrected chi connectivity index (χ0v) is 10.5. The summed E-state index contributed by atoms with van der Waals surface area (Å²) in [5.41, 5.74) is 0.614. The number of benzene rings is 1. The Hall–Kier alpha value is -2.03. The van der Waals surface area contributed by atoms with Crippen molar-refractivity contribution >= 4 is 5.78 Å². The largest absolute Gasteiger partial charge is 0.511 e. The Balaban J connectivity index is 2.28. The van der Waals surface area contributed by atoms with Gasteiger partial charge in [-0.15, -0.1) is 0 Å². The van der Waals surface area contributed by atoms with E-state index < -0.39 is 5.92 Å². The smallest absolute Gasteiger partial charge is 0.174 e. The van der Waals surface area contributed by atoms with Crippen LogP contribution < -0.4 is 0 Å². The van der Waals surface area contributed by atoms with Crippen molar-refractivity contribution in [2.24, 2.45) is 11.8 Å². The number of hydrogen-bond acceptors (Lipinski definition) is 3. The van der Waals surface area contributed by atoms with E-state index >= 15 is 0 Å². The molecule has 1 aromatic rings. The van der Waals surface area contributed by atoms with Crippen LogP contribution in [0.3, 0.4) is 0 Å². The van der Waals surface area contributed by atoms with E-state index in [9.17, 15) is 9.90 Å². The Labute approximate surface area is 106 Å². The quantitative estimate of drug-likeness (QED) is 0.831. The van der Waals surface area contributed by atoms with Crippen molar-refractivity contribution in [3.05, 3.63) is 59.6 Å². The molecule has 1 aliphatic carbocycles. The van der Waals surface area contributed by atoms with E-state index in [0.29, 0.717) is 11.3 Å². The zero-order chi connectivity index (χ0) is 13.1. The van der Waals surface area contributed by atoms with Crippen LogP contribution in [-0.4, -0.2) is 18.0 Å². The molecule has 1 N–H and O–H groups in total. The minimum atomic E-state index is -0.522. The van der Waals surface area contributed by atoms with E-state index in [2.05, 4.69) is 0 Å². The Morgan fingerprint density at radius 3 is 2.50 bits per heavy atom. The first-order chi connectivity index (χ1) is 8.63. The summed E-state index contributed by atoms with van der Waals surface area (Å²) in [6.07, 6.45) is 3.36. The molecule has 1 aromatic carbocycles. The molecule has 0 bridgehead atoms. The highest BCUT2D eigenvalue weighted by Gasteiger charge is 2.31. The highest BCUT2D eigenvalue weighted by atomic mass is 16.5. The van der Waals surface area contributed by atoms with Crippen molar-refractivity contribution in [3.63, 3.8) is 0 Å². The first kappa shape index (κ1) is 12.4. The lowest BCUT2D eigenvalue weighted by atomic mass is 9.82. The molecule has 3 heteroatoms. The predicted molar refractivity (Wildman–Crippen MR) is 69.2 cm³/mol. The summed E-state index contributed by atoms with van der Waals surface area (Å²) >= 11 is 0. The van der Waals surface area contributed by atoms with Gasteiger partial charge in [-0.3, -0.25) is 4.79 Å². The Bertz CT molecular complexity index is 500. The van der Waals surface area contributed by atoms with Gasteiger partial charge in [-0.2, -0.15) is 0 Å². The Morgan fingerprint density at radius 2 is 1.94 bits per heavy atom. The number of Topliss-reactive ketones (excluding diaryl/α,β-unsaturated/α-hetero) is 1. The number of hydrogen-bond donors (Lipinski definition) is 1. The molecule has 1 aliphatic rings. The predicted octanol–water partition coefficient (Wildman–Crippen LogP) is 3.11. The van der Waals surface area contributed by atoms with Crippen molar-refractivity contribution < 1.29 is 14.6 Å². The van der Waals surface area contributed by atoms with Crippen LogP contribution in [0.4, 0.5) is 0 Å². The highest BCUT2D eigenvalue weighted by Crippen LogP contribution is 2.30. The van der Waals surface area contributed by atoms with Crippen LogP contribution in [0.5, 0.6) is 0 Å². The van der Waals surface area contributed by atoms with Crippen LogP contribution in [0.2, 0.25) is 0 Å². The highest BCUT2D eigenvalue weighted by molar-refractivity contribution is 5.99. The molecular weight excluding hydrogens is 228 g/mol. The standard InChI is InChI=1S/C15H16O3/c1-10-8-12(18-2)9-13(16)14(10)15(17)11-6-4-3-5-7-11/h3-10,14,16H,1-2H3. The molecule has 3 nitrogen and oxygen atoms in total. The van der Waals surface area contributed by atoms with Crippen molar-refractivity contribution in [3.8, 4) is 0 Å². The molecule has 0 radical (unpaired) electrons. The van der Waals surface area contributed by atoms with Crippen molar-refractivity contribution in [1.82, 2.24) is 0 Å². The third kappa shape index (κ3) is 2.30. The topological polar surface area (TPSA) is 46.5 Å². The van der Waals surface area contributed by atoms with Crippen molar-refractivity contribution in [2.75, 3.05) is 7.11 Å². The number of carbonyl (C=O) groups excluding carboxylic acids is 1. The number of aliphatic hydroxyl groups is 1. The molecule has 0 fully saturated rings. The van der Waals surface area contributed by atoms with E-state index in [-0.39, 0.29) is 17.5 Å². The molecule has 0 saturated carbocycles. The van der Waals surface area contributed by atoms with Gasteiger partial charge in [0.1, 0.15) is 11.5 Å². The maximum absolute atomic E-state index is 12.3. The lowest BCUT2D eigenvalue weighted by molar-refractivity contribution is 0.0880. The lowest BCUT2D eigenvalue weighted by Crippen LogP contribution is -2.26. The van der Waals surface area contributed by atoms with Gasteiger partial charge >= 0.3 is 0 Å². The first-order valence-corrected chi connectivity index (χ1v) is 5.89. The minimum absolute atomic E-state index is 0.0655. The fourth-order valence-electron chi connectivity index (χ4n) is 2.19.